The average Bonchev–Trinajstić information content (AvgIpc) is 2.74. The quantitative estimate of drug-likeness (QED) is 0.892. The van der Waals surface area contributed by atoms with Crippen molar-refractivity contribution in [2.45, 2.75) is 6.54 Å². The Bertz CT molecular complexity index is 585. The first-order chi connectivity index (χ1) is 8.56. The summed E-state index contributed by atoms with van der Waals surface area (Å²) in [5, 5.41) is 13.7. The van der Waals surface area contributed by atoms with E-state index in [1.165, 1.54) is 12.1 Å². The molecule has 1 aromatic heterocycles. The number of carbonyl (C=O) groups is 1. The minimum absolute atomic E-state index is 0.0606. The third kappa shape index (κ3) is 3.08. The van der Waals surface area contributed by atoms with Gasteiger partial charge in [0.05, 0.1) is 15.0 Å². The van der Waals surface area contributed by atoms with Gasteiger partial charge in [-0.3, -0.25) is 0 Å². The zero-order chi connectivity index (χ0) is 13.1. The number of anilines is 1. The van der Waals surface area contributed by atoms with Crippen LogP contribution >= 0.6 is 27.3 Å². The minimum Gasteiger partial charge on any atom is -0.478 e. The van der Waals surface area contributed by atoms with E-state index in [4.69, 9.17) is 5.11 Å². The number of carboxylic acid groups (broad SMARTS) is 1. The first kappa shape index (κ1) is 13.0. The highest BCUT2D eigenvalue weighted by atomic mass is 79.9. The molecule has 2 aromatic rings. The van der Waals surface area contributed by atoms with Gasteiger partial charge in [-0.15, -0.1) is 11.3 Å². The Morgan fingerprint density at radius 3 is 2.83 bits per heavy atom. The van der Waals surface area contributed by atoms with E-state index in [2.05, 4.69) is 21.2 Å². The van der Waals surface area contributed by atoms with Gasteiger partial charge in [0.15, 0.2) is 0 Å². The molecule has 6 heteroatoms. The largest absolute Gasteiger partial charge is 0.478 e. The molecule has 0 saturated carbocycles. The molecule has 1 heterocycles. The van der Waals surface area contributed by atoms with Gasteiger partial charge in [0.1, 0.15) is 5.82 Å². The lowest BCUT2D eigenvalue weighted by atomic mass is 10.2. The number of benzene rings is 1. The summed E-state index contributed by atoms with van der Waals surface area (Å²) in [7, 11) is 0. The van der Waals surface area contributed by atoms with Gasteiger partial charge in [-0.05, 0) is 51.1 Å². The fraction of sp³-hybridized carbons (Fsp3) is 0.0833. The molecule has 2 rings (SSSR count). The number of hydrogen-bond donors (Lipinski definition) is 2. The summed E-state index contributed by atoms with van der Waals surface area (Å²) in [6.45, 7) is 0.447. The van der Waals surface area contributed by atoms with Crippen molar-refractivity contribution in [2.24, 2.45) is 0 Å². The molecule has 0 radical (unpaired) electrons. The molecule has 0 amide bonds. The van der Waals surface area contributed by atoms with Crippen LogP contribution in [-0.2, 0) is 6.54 Å². The lowest BCUT2D eigenvalue weighted by molar-refractivity contribution is 0.0697. The number of nitrogens with one attached hydrogen (secondary N) is 1. The fourth-order valence-electron chi connectivity index (χ4n) is 1.43. The van der Waals surface area contributed by atoms with E-state index in [9.17, 15) is 9.18 Å². The van der Waals surface area contributed by atoms with E-state index in [0.717, 1.165) is 15.4 Å². The second kappa shape index (κ2) is 5.49. The molecule has 0 atom stereocenters. The van der Waals surface area contributed by atoms with Gasteiger partial charge in [-0.25, -0.2) is 9.18 Å². The monoisotopic (exact) mass is 329 g/mol. The minimum atomic E-state index is -1.07. The van der Waals surface area contributed by atoms with Gasteiger partial charge in [0, 0.05) is 6.54 Å². The van der Waals surface area contributed by atoms with Crippen LogP contribution in [0.15, 0.2) is 33.4 Å². The Hall–Kier alpha value is -1.40. The Morgan fingerprint density at radius 2 is 2.22 bits per heavy atom. The van der Waals surface area contributed by atoms with Gasteiger partial charge in [0.25, 0.3) is 0 Å². The average molecular weight is 330 g/mol. The molecule has 0 spiro atoms. The SMILES string of the molecule is O=C(O)c1ccc(F)c(NCc2csc(Br)c2)c1. The highest BCUT2D eigenvalue weighted by molar-refractivity contribution is 9.11. The highest BCUT2D eigenvalue weighted by Crippen LogP contribution is 2.22. The maximum absolute atomic E-state index is 13.5. The van der Waals surface area contributed by atoms with Crippen LogP contribution in [0.4, 0.5) is 10.1 Å². The zero-order valence-electron chi connectivity index (χ0n) is 9.11. The first-order valence-electron chi connectivity index (χ1n) is 5.06. The van der Waals surface area contributed by atoms with Crippen LogP contribution in [0.5, 0.6) is 0 Å². The Balaban J connectivity index is 2.13. The van der Waals surface area contributed by atoms with E-state index >= 15 is 0 Å². The lowest BCUT2D eigenvalue weighted by Gasteiger charge is -2.07. The lowest BCUT2D eigenvalue weighted by Crippen LogP contribution is -2.03. The Kier molecular flexibility index (Phi) is 3.98. The molecule has 2 N–H and O–H groups in total. The summed E-state index contributed by atoms with van der Waals surface area (Å²) in [6.07, 6.45) is 0. The topological polar surface area (TPSA) is 49.3 Å². The molecule has 0 bridgehead atoms. The van der Waals surface area contributed by atoms with Crippen molar-refractivity contribution in [3.05, 3.63) is 50.4 Å². The smallest absolute Gasteiger partial charge is 0.335 e. The molecule has 94 valence electrons. The molecule has 0 unspecified atom stereocenters. The highest BCUT2D eigenvalue weighted by Gasteiger charge is 2.08. The normalized spacial score (nSPS) is 10.3. The van der Waals surface area contributed by atoms with Crippen molar-refractivity contribution in [2.75, 3.05) is 5.32 Å². The number of hydrogen-bond acceptors (Lipinski definition) is 3. The zero-order valence-corrected chi connectivity index (χ0v) is 11.5. The number of halogens is 2. The fourth-order valence-corrected chi connectivity index (χ4v) is 2.64. The van der Waals surface area contributed by atoms with Crippen LogP contribution in [0.3, 0.4) is 0 Å². The van der Waals surface area contributed by atoms with Gasteiger partial charge >= 0.3 is 5.97 Å². The first-order valence-corrected chi connectivity index (χ1v) is 6.73. The summed E-state index contributed by atoms with van der Waals surface area (Å²) < 4.78 is 14.5. The second-order valence-electron chi connectivity index (χ2n) is 3.61. The number of thiophene rings is 1. The van der Waals surface area contributed by atoms with Crippen LogP contribution in [0.2, 0.25) is 0 Å². The van der Waals surface area contributed by atoms with Crippen molar-refractivity contribution >= 4 is 38.9 Å². The number of carboxylic acids is 1. The predicted octanol–water partition coefficient (Wildman–Crippen LogP) is 3.96. The van der Waals surface area contributed by atoms with Crippen molar-refractivity contribution in [1.82, 2.24) is 0 Å². The molecule has 0 fully saturated rings. The van der Waals surface area contributed by atoms with Crippen LogP contribution in [0, 0.1) is 5.82 Å². The summed E-state index contributed by atoms with van der Waals surface area (Å²) >= 11 is 4.88. The summed E-state index contributed by atoms with van der Waals surface area (Å²) in [5.74, 6) is -1.54. The Labute approximate surface area is 115 Å². The molecule has 0 aliphatic rings. The molecule has 0 aliphatic carbocycles. The van der Waals surface area contributed by atoms with E-state index < -0.39 is 11.8 Å². The van der Waals surface area contributed by atoms with Crippen LogP contribution in [-0.4, -0.2) is 11.1 Å². The predicted molar refractivity (Wildman–Crippen MR) is 72.7 cm³/mol. The standard InChI is InChI=1S/C12H9BrFNO2S/c13-11-3-7(6-18-11)5-15-10-4-8(12(16)17)1-2-9(10)14/h1-4,6,15H,5H2,(H,16,17). The molecule has 0 saturated heterocycles. The summed E-state index contributed by atoms with van der Waals surface area (Å²) in [5.41, 5.74) is 1.26. The van der Waals surface area contributed by atoms with E-state index in [0.29, 0.717) is 6.54 Å². The Morgan fingerprint density at radius 1 is 1.44 bits per heavy atom. The van der Waals surface area contributed by atoms with Gasteiger partial charge in [-0.1, -0.05) is 0 Å². The van der Waals surface area contributed by atoms with Crippen molar-refractivity contribution in [1.29, 1.82) is 0 Å². The van der Waals surface area contributed by atoms with Crippen LogP contribution in [0.1, 0.15) is 15.9 Å². The molecule has 0 aliphatic heterocycles. The van der Waals surface area contributed by atoms with Crippen LogP contribution in [0.25, 0.3) is 0 Å². The van der Waals surface area contributed by atoms with Crippen molar-refractivity contribution in [3.63, 3.8) is 0 Å². The van der Waals surface area contributed by atoms with Gasteiger partial charge in [0.2, 0.25) is 0 Å². The van der Waals surface area contributed by atoms with E-state index in [1.807, 2.05) is 11.4 Å². The summed E-state index contributed by atoms with van der Waals surface area (Å²) in [6, 6.07) is 5.61. The summed E-state index contributed by atoms with van der Waals surface area (Å²) in [4.78, 5) is 10.8. The van der Waals surface area contributed by atoms with Crippen LogP contribution < -0.4 is 5.32 Å². The van der Waals surface area contributed by atoms with E-state index in [1.54, 1.807) is 11.3 Å². The number of rotatable bonds is 4. The maximum Gasteiger partial charge on any atom is 0.335 e. The molecular formula is C12H9BrFNO2S. The van der Waals surface area contributed by atoms with E-state index in [-0.39, 0.29) is 11.3 Å². The molecule has 3 nitrogen and oxygen atoms in total. The van der Waals surface area contributed by atoms with Crippen molar-refractivity contribution < 1.29 is 14.3 Å². The van der Waals surface area contributed by atoms with Crippen molar-refractivity contribution in [3.8, 4) is 0 Å². The van der Waals surface area contributed by atoms with Gasteiger partial charge in [-0.2, -0.15) is 0 Å². The maximum atomic E-state index is 13.5. The third-order valence-electron chi connectivity index (χ3n) is 2.32. The number of aromatic carboxylic acids is 1. The van der Waals surface area contributed by atoms with Gasteiger partial charge < -0.3 is 10.4 Å². The third-order valence-corrected chi connectivity index (χ3v) is 3.87. The second-order valence-corrected chi connectivity index (χ2v) is 5.90. The molecular weight excluding hydrogens is 321 g/mol. The molecule has 1 aromatic carbocycles. The molecule has 18 heavy (non-hydrogen) atoms.